The van der Waals surface area contributed by atoms with Crippen molar-refractivity contribution >= 4 is 0 Å². The SMILES string of the molecule is C[NH+]([O-])C1CCC(N)CC1. The van der Waals surface area contributed by atoms with Crippen molar-refractivity contribution in [1.82, 2.24) is 0 Å². The molecule has 3 N–H and O–H groups in total. The van der Waals surface area contributed by atoms with E-state index in [2.05, 4.69) is 0 Å². The van der Waals surface area contributed by atoms with Gasteiger partial charge in [-0.25, -0.2) is 0 Å². The summed E-state index contributed by atoms with van der Waals surface area (Å²) in [4.78, 5) is 0. The molecule has 0 radical (unpaired) electrons. The Morgan fingerprint density at radius 1 is 1.30 bits per heavy atom. The van der Waals surface area contributed by atoms with Crippen LogP contribution in [0.2, 0.25) is 0 Å². The summed E-state index contributed by atoms with van der Waals surface area (Å²) in [5, 5.41) is 11.2. The molecular formula is C7H16N2O. The maximum atomic E-state index is 10.9. The summed E-state index contributed by atoms with van der Waals surface area (Å²) in [6.45, 7) is 0. The van der Waals surface area contributed by atoms with Gasteiger partial charge in [-0.3, -0.25) is 0 Å². The first-order chi connectivity index (χ1) is 4.70. The van der Waals surface area contributed by atoms with Crippen LogP contribution >= 0.6 is 0 Å². The molecule has 1 aliphatic rings. The van der Waals surface area contributed by atoms with Crippen molar-refractivity contribution < 1.29 is 5.06 Å². The van der Waals surface area contributed by atoms with Gasteiger partial charge in [0.05, 0.1) is 13.1 Å². The highest BCUT2D eigenvalue weighted by Gasteiger charge is 2.20. The Kier molecular flexibility index (Phi) is 2.65. The van der Waals surface area contributed by atoms with Gasteiger partial charge < -0.3 is 16.0 Å². The Balaban J connectivity index is 2.26. The first-order valence-electron chi connectivity index (χ1n) is 3.96. The standard InChI is InChI=1S/C7H16N2O/c1-9(10)7-4-2-6(8)3-5-7/h6-7,9H,2-5,8H2,1H3. The third-order valence-corrected chi connectivity index (χ3v) is 2.35. The molecule has 0 heterocycles. The number of nitrogens with one attached hydrogen (secondary N) is 1. The molecule has 0 saturated heterocycles. The van der Waals surface area contributed by atoms with E-state index in [1.807, 2.05) is 0 Å². The molecule has 0 aliphatic heterocycles. The van der Waals surface area contributed by atoms with Crippen molar-refractivity contribution in [3.8, 4) is 0 Å². The minimum Gasteiger partial charge on any atom is -0.634 e. The van der Waals surface area contributed by atoms with E-state index >= 15 is 0 Å². The molecule has 1 saturated carbocycles. The molecular weight excluding hydrogens is 128 g/mol. The molecule has 3 nitrogen and oxygen atoms in total. The van der Waals surface area contributed by atoms with Gasteiger partial charge in [0.2, 0.25) is 0 Å². The monoisotopic (exact) mass is 144 g/mol. The second-order valence-electron chi connectivity index (χ2n) is 3.22. The summed E-state index contributed by atoms with van der Waals surface area (Å²) in [6.07, 6.45) is 4.08. The van der Waals surface area contributed by atoms with Crippen LogP contribution in [-0.2, 0) is 0 Å². The molecule has 1 fully saturated rings. The van der Waals surface area contributed by atoms with Crippen LogP contribution < -0.4 is 10.8 Å². The second kappa shape index (κ2) is 3.32. The van der Waals surface area contributed by atoms with Gasteiger partial charge in [0.25, 0.3) is 0 Å². The van der Waals surface area contributed by atoms with Crippen LogP contribution in [0.25, 0.3) is 0 Å². The summed E-state index contributed by atoms with van der Waals surface area (Å²) in [5.41, 5.74) is 5.69. The smallest absolute Gasteiger partial charge is 0.0870 e. The molecule has 1 unspecified atom stereocenters. The van der Waals surface area contributed by atoms with Gasteiger partial charge in [-0.15, -0.1) is 0 Å². The topological polar surface area (TPSA) is 53.5 Å². The van der Waals surface area contributed by atoms with E-state index in [0.717, 1.165) is 25.7 Å². The molecule has 1 rings (SSSR count). The van der Waals surface area contributed by atoms with Gasteiger partial charge in [-0.05, 0) is 12.8 Å². The largest absolute Gasteiger partial charge is 0.634 e. The highest BCUT2D eigenvalue weighted by atomic mass is 16.5. The van der Waals surface area contributed by atoms with E-state index in [9.17, 15) is 5.21 Å². The predicted octanol–water partition coefficient (Wildman–Crippen LogP) is -0.731. The Morgan fingerprint density at radius 2 is 1.80 bits per heavy atom. The number of quaternary nitrogens is 1. The molecule has 10 heavy (non-hydrogen) atoms. The lowest BCUT2D eigenvalue weighted by Crippen LogP contribution is -3.08. The number of rotatable bonds is 1. The molecule has 0 aromatic rings. The zero-order valence-corrected chi connectivity index (χ0v) is 6.47. The highest BCUT2D eigenvalue weighted by Crippen LogP contribution is 2.14. The first kappa shape index (κ1) is 7.98. The molecule has 1 aliphatic carbocycles. The highest BCUT2D eigenvalue weighted by molar-refractivity contribution is 4.73. The summed E-state index contributed by atoms with van der Waals surface area (Å²) in [5.74, 6) is 0. The fourth-order valence-corrected chi connectivity index (χ4v) is 1.53. The number of hydrogen-bond donors (Lipinski definition) is 2. The van der Waals surface area contributed by atoms with Crippen molar-refractivity contribution in [3.63, 3.8) is 0 Å². The molecule has 0 bridgehead atoms. The normalized spacial score (nSPS) is 37.5. The van der Waals surface area contributed by atoms with E-state index in [4.69, 9.17) is 5.73 Å². The fraction of sp³-hybridized carbons (Fsp3) is 1.00. The molecule has 0 aromatic carbocycles. The van der Waals surface area contributed by atoms with Crippen molar-refractivity contribution in [3.05, 3.63) is 5.21 Å². The predicted molar refractivity (Wildman–Crippen MR) is 40.5 cm³/mol. The summed E-state index contributed by atoms with van der Waals surface area (Å²) < 4.78 is 0. The second-order valence-corrected chi connectivity index (χ2v) is 3.22. The zero-order chi connectivity index (χ0) is 7.56. The van der Waals surface area contributed by atoms with Gasteiger partial charge in [-0.1, -0.05) is 0 Å². The third-order valence-electron chi connectivity index (χ3n) is 2.35. The molecule has 60 valence electrons. The fourth-order valence-electron chi connectivity index (χ4n) is 1.53. The van der Waals surface area contributed by atoms with Crippen molar-refractivity contribution in [2.75, 3.05) is 7.05 Å². The quantitative estimate of drug-likeness (QED) is 0.477. The van der Waals surface area contributed by atoms with Crippen LogP contribution in [0.3, 0.4) is 0 Å². The van der Waals surface area contributed by atoms with Gasteiger partial charge in [0.15, 0.2) is 0 Å². The lowest BCUT2D eigenvalue weighted by atomic mass is 9.92. The maximum Gasteiger partial charge on any atom is 0.0870 e. The van der Waals surface area contributed by atoms with E-state index in [1.165, 1.54) is 0 Å². The summed E-state index contributed by atoms with van der Waals surface area (Å²) in [7, 11) is 1.68. The zero-order valence-electron chi connectivity index (χ0n) is 6.47. The van der Waals surface area contributed by atoms with Gasteiger partial charge in [-0.2, -0.15) is 0 Å². The van der Waals surface area contributed by atoms with Crippen LogP contribution in [0.1, 0.15) is 25.7 Å². The third kappa shape index (κ3) is 1.94. The molecule has 0 amide bonds. The first-order valence-corrected chi connectivity index (χ1v) is 3.96. The average molecular weight is 144 g/mol. The van der Waals surface area contributed by atoms with Crippen LogP contribution in [-0.4, -0.2) is 19.1 Å². The van der Waals surface area contributed by atoms with Crippen molar-refractivity contribution in [2.45, 2.75) is 37.8 Å². The Bertz CT molecular complexity index is 97.8. The van der Waals surface area contributed by atoms with E-state index < -0.39 is 0 Å². The van der Waals surface area contributed by atoms with Crippen molar-refractivity contribution in [1.29, 1.82) is 0 Å². The number of hydrogen-bond acceptors (Lipinski definition) is 2. The average Bonchev–Trinajstić information content (AvgIpc) is 1.88. The van der Waals surface area contributed by atoms with Crippen LogP contribution in [0.15, 0.2) is 0 Å². The Morgan fingerprint density at radius 3 is 2.20 bits per heavy atom. The molecule has 0 aromatic heterocycles. The van der Waals surface area contributed by atoms with E-state index in [0.29, 0.717) is 17.1 Å². The minimum atomic E-state index is 0.319. The van der Waals surface area contributed by atoms with Crippen LogP contribution in [0.4, 0.5) is 0 Å². The molecule has 0 spiro atoms. The lowest BCUT2D eigenvalue weighted by Gasteiger charge is -2.32. The van der Waals surface area contributed by atoms with Crippen LogP contribution in [0, 0.1) is 5.21 Å². The Hall–Kier alpha value is -0.120. The summed E-state index contributed by atoms with van der Waals surface area (Å²) in [6, 6.07) is 0.676. The van der Waals surface area contributed by atoms with Gasteiger partial charge in [0, 0.05) is 18.9 Å². The van der Waals surface area contributed by atoms with Crippen molar-refractivity contribution in [2.24, 2.45) is 5.73 Å². The molecule has 1 atom stereocenters. The number of nitrogens with two attached hydrogens (primary N) is 1. The van der Waals surface area contributed by atoms with E-state index in [1.54, 1.807) is 7.05 Å². The molecule has 3 heteroatoms. The van der Waals surface area contributed by atoms with Gasteiger partial charge in [0.1, 0.15) is 0 Å². The summed E-state index contributed by atoms with van der Waals surface area (Å²) >= 11 is 0. The van der Waals surface area contributed by atoms with Gasteiger partial charge >= 0.3 is 0 Å². The maximum absolute atomic E-state index is 10.9. The number of hydroxylamine groups is 2. The minimum absolute atomic E-state index is 0.319. The van der Waals surface area contributed by atoms with Crippen LogP contribution in [0.5, 0.6) is 0 Å². The Labute approximate surface area is 61.8 Å². The van der Waals surface area contributed by atoms with E-state index in [-0.39, 0.29) is 0 Å². The lowest BCUT2D eigenvalue weighted by molar-refractivity contribution is -0.856.